The van der Waals surface area contributed by atoms with Crippen molar-refractivity contribution < 1.29 is 19.4 Å². The van der Waals surface area contributed by atoms with Gasteiger partial charge in [0.05, 0.1) is 7.11 Å². The lowest BCUT2D eigenvalue weighted by atomic mass is 9.41. The van der Waals surface area contributed by atoms with Gasteiger partial charge in [0.2, 0.25) is 0 Å². The first-order chi connectivity index (χ1) is 21.1. The van der Waals surface area contributed by atoms with Gasteiger partial charge in [-0.2, -0.15) is 0 Å². The van der Waals surface area contributed by atoms with Crippen LogP contribution in [0.3, 0.4) is 0 Å². The van der Waals surface area contributed by atoms with Gasteiger partial charge in [-0.3, -0.25) is 0 Å². The van der Waals surface area contributed by atoms with Crippen LogP contribution in [0.2, 0.25) is 0 Å². The molecule has 250 valence electrons. The number of carbonyl (C=O) groups is 1. The molecule has 5 aliphatic rings. The van der Waals surface area contributed by atoms with E-state index in [1.54, 1.807) is 24.3 Å². The van der Waals surface area contributed by atoms with E-state index < -0.39 is 0 Å². The van der Waals surface area contributed by atoms with Gasteiger partial charge in [-0.15, -0.1) is 0 Å². The van der Waals surface area contributed by atoms with Gasteiger partial charge in [-0.1, -0.05) is 74.3 Å². The molecule has 0 aliphatic heterocycles. The summed E-state index contributed by atoms with van der Waals surface area (Å²) in [5, 5.41) is 9.89. The Morgan fingerprint density at radius 2 is 1.62 bits per heavy atom. The number of benzene rings is 1. The summed E-state index contributed by atoms with van der Waals surface area (Å²) in [7, 11) is 1.53. The summed E-state index contributed by atoms with van der Waals surface area (Å²) in [5.74, 6) is 4.99. The Morgan fingerprint density at radius 3 is 2.33 bits per heavy atom. The molecule has 10 atom stereocenters. The van der Waals surface area contributed by atoms with Gasteiger partial charge in [-0.05, 0) is 139 Å². The van der Waals surface area contributed by atoms with Crippen LogP contribution in [0, 0.1) is 62.6 Å². The van der Waals surface area contributed by atoms with E-state index in [9.17, 15) is 9.90 Å². The highest BCUT2D eigenvalue weighted by atomic mass is 16.5. The van der Waals surface area contributed by atoms with E-state index in [1.165, 1.54) is 77.4 Å². The van der Waals surface area contributed by atoms with Crippen molar-refractivity contribution >= 4 is 12.0 Å². The highest BCUT2D eigenvalue weighted by Crippen LogP contribution is 2.89. The third-order valence-electron chi connectivity index (χ3n) is 15.9. The number of phenols is 1. The maximum absolute atomic E-state index is 13.1. The molecule has 0 heterocycles. The monoisotopic (exact) mass is 618 g/mol. The van der Waals surface area contributed by atoms with Crippen molar-refractivity contribution in [1.29, 1.82) is 0 Å². The largest absolute Gasteiger partial charge is 0.504 e. The molecular formula is C41H62O4. The zero-order chi connectivity index (χ0) is 32.6. The van der Waals surface area contributed by atoms with Gasteiger partial charge in [0.15, 0.2) is 11.5 Å². The first kappa shape index (κ1) is 33.0. The van der Waals surface area contributed by atoms with Crippen LogP contribution in [0.4, 0.5) is 0 Å². The molecule has 4 nitrogen and oxygen atoms in total. The number of hydrogen-bond acceptors (Lipinski definition) is 4. The fourth-order valence-electron chi connectivity index (χ4n) is 12.7. The Balaban J connectivity index is 1.14. The highest BCUT2D eigenvalue weighted by molar-refractivity contribution is 5.87. The number of rotatable bonds is 9. The molecule has 0 amide bonds. The van der Waals surface area contributed by atoms with Gasteiger partial charge in [0.1, 0.15) is 6.10 Å². The molecule has 45 heavy (non-hydrogen) atoms. The Hall–Kier alpha value is -1.97. The van der Waals surface area contributed by atoms with Crippen LogP contribution in [0.25, 0.3) is 6.08 Å². The van der Waals surface area contributed by atoms with Crippen LogP contribution >= 0.6 is 0 Å². The average molecular weight is 619 g/mol. The lowest BCUT2D eigenvalue weighted by Gasteiger charge is -2.63. The van der Waals surface area contributed by atoms with Crippen LogP contribution in [0.1, 0.15) is 132 Å². The number of fused-ring (bicyclic) bond motifs is 2. The summed E-state index contributed by atoms with van der Waals surface area (Å²) in [6, 6.07) is 5.09. The summed E-state index contributed by atoms with van der Waals surface area (Å²) < 4.78 is 11.5. The van der Waals surface area contributed by atoms with E-state index in [1.807, 2.05) is 0 Å². The first-order valence-corrected chi connectivity index (χ1v) is 18.4. The lowest BCUT2D eigenvalue weighted by Crippen LogP contribution is -2.58. The molecule has 0 unspecified atom stereocenters. The molecule has 0 bridgehead atoms. The van der Waals surface area contributed by atoms with E-state index in [2.05, 4.69) is 55.4 Å². The van der Waals surface area contributed by atoms with E-state index in [4.69, 9.17) is 9.47 Å². The van der Waals surface area contributed by atoms with Crippen LogP contribution in [0.5, 0.6) is 11.5 Å². The SMILES string of the molecule is COc1cc(C=CC(=O)O[C@H]2CC[C@]34C[C@]35CC[C@]3(C)[C@H]([C@H](C)CC[C@@H](C)C(C)C)CC[C@]3(C)[C@H]5CC[C@H]4C2(C)C)ccc1O. The lowest BCUT2D eigenvalue weighted by molar-refractivity contribution is -0.179. The number of esters is 1. The van der Waals surface area contributed by atoms with Crippen molar-refractivity contribution in [2.24, 2.45) is 62.6 Å². The van der Waals surface area contributed by atoms with Gasteiger partial charge >= 0.3 is 5.97 Å². The zero-order valence-corrected chi connectivity index (χ0v) is 29.9. The summed E-state index contributed by atoms with van der Waals surface area (Å²) in [4.78, 5) is 13.1. The maximum Gasteiger partial charge on any atom is 0.331 e. The Morgan fingerprint density at radius 1 is 0.911 bits per heavy atom. The third-order valence-corrected chi connectivity index (χ3v) is 15.9. The molecule has 1 aromatic carbocycles. The predicted octanol–water partition coefficient (Wildman–Crippen LogP) is 10.5. The third kappa shape index (κ3) is 4.92. The van der Waals surface area contributed by atoms with E-state index in [0.29, 0.717) is 33.3 Å². The van der Waals surface area contributed by atoms with E-state index in [-0.39, 0.29) is 23.2 Å². The molecule has 5 aliphatic carbocycles. The topological polar surface area (TPSA) is 55.8 Å². The summed E-state index contributed by atoms with van der Waals surface area (Å²) >= 11 is 0. The average Bonchev–Trinajstić information content (AvgIpc) is 3.58. The van der Waals surface area contributed by atoms with Crippen molar-refractivity contribution in [2.45, 2.75) is 132 Å². The molecule has 5 fully saturated rings. The summed E-state index contributed by atoms with van der Waals surface area (Å²) in [6.07, 6.45) is 17.9. The molecule has 1 N–H and O–H groups in total. The quantitative estimate of drug-likeness (QED) is 0.221. The summed E-state index contributed by atoms with van der Waals surface area (Å²) in [5.41, 5.74) is 2.65. The van der Waals surface area contributed by atoms with Crippen molar-refractivity contribution in [3.05, 3.63) is 29.8 Å². The molecule has 0 aromatic heterocycles. The molecular weight excluding hydrogens is 556 g/mol. The maximum atomic E-state index is 13.1. The van der Waals surface area contributed by atoms with Crippen molar-refractivity contribution in [3.8, 4) is 11.5 Å². The molecule has 2 spiro atoms. The molecule has 1 aromatic rings. The minimum Gasteiger partial charge on any atom is -0.504 e. The number of methoxy groups -OCH3 is 1. The van der Waals surface area contributed by atoms with E-state index in [0.717, 1.165) is 41.6 Å². The Kier molecular flexibility index (Phi) is 8.30. The first-order valence-electron chi connectivity index (χ1n) is 18.4. The van der Waals surface area contributed by atoms with Gasteiger partial charge in [-0.25, -0.2) is 4.79 Å². The Labute approximate surface area is 274 Å². The van der Waals surface area contributed by atoms with Crippen molar-refractivity contribution in [2.75, 3.05) is 7.11 Å². The van der Waals surface area contributed by atoms with Gasteiger partial charge in [0.25, 0.3) is 0 Å². The van der Waals surface area contributed by atoms with Crippen LogP contribution in [-0.2, 0) is 9.53 Å². The van der Waals surface area contributed by atoms with Crippen LogP contribution < -0.4 is 4.74 Å². The minimum absolute atomic E-state index is 0.0283. The molecule has 6 rings (SSSR count). The predicted molar refractivity (Wildman–Crippen MR) is 183 cm³/mol. The van der Waals surface area contributed by atoms with Crippen LogP contribution in [-0.4, -0.2) is 24.3 Å². The number of phenolic OH excluding ortho intramolecular Hbond substituents is 1. The number of aromatic hydroxyl groups is 1. The Bertz CT molecular complexity index is 1310. The van der Waals surface area contributed by atoms with E-state index >= 15 is 0 Å². The van der Waals surface area contributed by atoms with Gasteiger partial charge < -0.3 is 14.6 Å². The fourth-order valence-corrected chi connectivity index (χ4v) is 12.7. The van der Waals surface area contributed by atoms with Gasteiger partial charge in [0, 0.05) is 11.5 Å². The molecule has 0 radical (unpaired) electrons. The number of carbonyl (C=O) groups excluding carboxylic acids is 1. The molecule has 0 saturated heterocycles. The standard InChI is InChI=1S/C41H62O4/c1-26(2)27(3)10-11-28(4)30-18-20-39(8)34-16-15-33-37(5,6)35(19-21-40(33)25-41(34,40)23-22-38(30,39)7)45-36(43)17-13-29-12-14-31(42)32(24-29)44-9/h12-14,17,24,26-28,30,33-35,42H,10-11,15-16,18-23,25H2,1-9H3/t27-,28-,30+,33+,34-,35+,38-,39-,40-,41+/m1/s1. The van der Waals surface area contributed by atoms with Crippen LogP contribution in [0.15, 0.2) is 24.3 Å². The number of hydrogen-bond donors (Lipinski definition) is 1. The highest BCUT2D eigenvalue weighted by Gasteiger charge is 2.82. The summed E-state index contributed by atoms with van der Waals surface area (Å²) in [6.45, 7) is 20.1. The zero-order valence-electron chi connectivity index (χ0n) is 29.9. The second kappa shape index (κ2) is 11.3. The molecule has 5 saturated carbocycles. The molecule has 4 heteroatoms. The second-order valence-corrected chi connectivity index (χ2v) is 18.0. The minimum atomic E-state index is -0.273. The normalized spacial score (nSPS) is 41.0. The second-order valence-electron chi connectivity index (χ2n) is 18.0. The number of ether oxygens (including phenoxy) is 2. The smallest absolute Gasteiger partial charge is 0.331 e. The van der Waals surface area contributed by atoms with Crippen molar-refractivity contribution in [3.63, 3.8) is 0 Å². The van der Waals surface area contributed by atoms with Crippen molar-refractivity contribution in [1.82, 2.24) is 0 Å². The fraction of sp³-hybridized carbons (Fsp3) is 0.780.